The number of halogens is 3. The smallest absolute Gasteiger partial charge is 0.381 e. The molecule has 0 spiro atoms. The summed E-state index contributed by atoms with van der Waals surface area (Å²) >= 11 is 0. The number of alkyl halides is 3. The number of hydrogen-bond donors (Lipinski definition) is 4. The van der Waals surface area contributed by atoms with Crippen LogP contribution in [0.5, 0.6) is 0 Å². The standard InChI is InChI=1S/C3H6F3O5P/c4-3(5,6)1(7)2(8)12(9,10)11/h1-2,7-8H,(H2,9,10,11)/t1-,2+/m0/s1. The maximum Gasteiger partial charge on any atom is 0.417 e. The highest BCUT2D eigenvalue weighted by Gasteiger charge is 2.49. The van der Waals surface area contributed by atoms with E-state index in [4.69, 9.17) is 20.0 Å². The summed E-state index contributed by atoms with van der Waals surface area (Å²) < 4.78 is 44.4. The molecule has 0 saturated heterocycles. The third-order valence-corrected chi connectivity index (χ3v) is 1.93. The van der Waals surface area contributed by atoms with Gasteiger partial charge in [0.2, 0.25) is 0 Å². The van der Waals surface area contributed by atoms with Gasteiger partial charge in [-0.2, -0.15) is 13.2 Å². The van der Waals surface area contributed by atoms with Gasteiger partial charge in [-0.1, -0.05) is 0 Å². The lowest BCUT2D eigenvalue weighted by Crippen LogP contribution is -2.39. The van der Waals surface area contributed by atoms with Crippen molar-refractivity contribution in [3.8, 4) is 0 Å². The molecule has 0 saturated carbocycles. The summed E-state index contributed by atoms with van der Waals surface area (Å²) in [6.07, 6.45) is -8.68. The Kier molecular flexibility index (Phi) is 3.27. The summed E-state index contributed by atoms with van der Waals surface area (Å²) in [5.74, 6) is -3.13. The van der Waals surface area contributed by atoms with Gasteiger partial charge in [0, 0.05) is 0 Å². The zero-order valence-electron chi connectivity index (χ0n) is 5.43. The molecule has 0 unspecified atom stereocenters. The van der Waals surface area contributed by atoms with Crippen LogP contribution in [0.2, 0.25) is 0 Å². The van der Waals surface area contributed by atoms with Crippen molar-refractivity contribution in [2.45, 2.75) is 18.1 Å². The topological polar surface area (TPSA) is 98.0 Å². The second-order valence-corrected chi connectivity index (χ2v) is 3.70. The Bertz CT molecular complexity index is 197. The summed E-state index contributed by atoms with van der Waals surface area (Å²) in [6, 6.07) is 0. The van der Waals surface area contributed by atoms with Crippen LogP contribution in [0, 0.1) is 0 Å². The van der Waals surface area contributed by atoms with Gasteiger partial charge in [-0.3, -0.25) is 4.57 Å². The van der Waals surface area contributed by atoms with E-state index in [1.54, 1.807) is 0 Å². The zero-order valence-corrected chi connectivity index (χ0v) is 6.33. The van der Waals surface area contributed by atoms with Gasteiger partial charge in [0.15, 0.2) is 11.9 Å². The molecule has 0 aliphatic rings. The molecule has 0 bridgehead atoms. The first-order valence-corrected chi connectivity index (χ1v) is 4.23. The molecular formula is C3H6F3O5P. The van der Waals surface area contributed by atoms with E-state index in [1.807, 2.05) is 0 Å². The van der Waals surface area contributed by atoms with Crippen molar-refractivity contribution in [3.05, 3.63) is 0 Å². The molecule has 0 radical (unpaired) electrons. The molecule has 5 nitrogen and oxygen atoms in total. The van der Waals surface area contributed by atoms with E-state index in [0.717, 1.165) is 0 Å². The quantitative estimate of drug-likeness (QED) is 0.456. The Balaban J connectivity index is 4.52. The Labute approximate surface area is 64.6 Å². The predicted octanol–water partition coefficient (Wildman–Crippen LogP) is -0.594. The lowest BCUT2D eigenvalue weighted by atomic mass is 10.4. The third-order valence-electron chi connectivity index (χ3n) is 0.962. The van der Waals surface area contributed by atoms with Crippen LogP contribution >= 0.6 is 7.60 Å². The molecule has 0 aliphatic carbocycles. The fourth-order valence-corrected chi connectivity index (χ4v) is 0.890. The number of aliphatic hydroxyl groups is 2. The predicted molar refractivity (Wildman–Crippen MR) is 30.1 cm³/mol. The summed E-state index contributed by atoms with van der Waals surface area (Å²) in [7, 11) is -5.32. The van der Waals surface area contributed by atoms with Crippen LogP contribution in [-0.4, -0.2) is 38.1 Å². The van der Waals surface area contributed by atoms with Gasteiger partial charge in [0.25, 0.3) is 0 Å². The Morgan fingerprint density at radius 2 is 1.50 bits per heavy atom. The van der Waals surface area contributed by atoms with Crippen molar-refractivity contribution in [2.75, 3.05) is 0 Å². The van der Waals surface area contributed by atoms with Crippen molar-refractivity contribution < 1.29 is 37.7 Å². The third kappa shape index (κ3) is 3.08. The normalized spacial score (nSPS) is 18.9. The number of hydrogen-bond acceptors (Lipinski definition) is 3. The molecule has 2 atom stereocenters. The molecule has 0 fully saturated rings. The average molecular weight is 210 g/mol. The Morgan fingerprint density at radius 1 is 1.17 bits per heavy atom. The van der Waals surface area contributed by atoms with Gasteiger partial charge in [-0.15, -0.1) is 0 Å². The van der Waals surface area contributed by atoms with Crippen molar-refractivity contribution in [2.24, 2.45) is 0 Å². The lowest BCUT2D eigenvalue weighted by molar-refractivity contribution is -0.220. The molecule has 12 heavy (non-hydrogen) atoms. The van der Waals surface area contributed by atoms with Gasteiger partial charge in [-0.25, -0.2) is 0 Å². The molecule has 0 rings (SSSR count). The molecule has 0 amide bonds. The molecule has 9 heteroatoms. The maximum atomic E-state index is 11.5. The lowest BCUT2D eigenvalue weighted by Gasteiger charge is -2.20. The zero-order chi connectivity index (χ0) is 10.2. The number of aliphatic hydroxyl groups excluding tert-OH is 2. The molecule has 0 aliphatic heterocycles. The van der Waals surface area contributed by atoms with Crippen LogP contribution in [0.4, 0.5) is 13.2 Å². The van der Waals surface area contributed by atoms with Gasteiger partial charge >= 0.3 is 13.8 Å². The van der Waals surface area contributed by atoms with E-state index < -0.39 is 25.7 Å². The summed E-state index contributed by atoms with van der Waals surface area (Å²) in [6.45, 7) is 0. The summed E-state index contributed by atoms with van der Waals surface area (Å²) in [4.78, 5) is 16.0. The maximum absolute atomic E-state index is 11.5. The monoisotopic (exact) mass is 210 g/mol. The SMILES string of the molecule is O=P(O)(O)[C@@H](O)[C@H](O)C(F)(F)F. The Morgan fingerprint density at radius 3 is 1.58 bits per heavy atom. The van der Waals surface area contributed by atoms with Crippen LogP contribution in [0.25, 0.3) is 0 Å². The highest BCUT2D eigenvalue weighted by atomic mass is 31.2. The minimum Gasteiger partial charge on any atom is -0.381 e. The van der Waals surface area contributed by atoms with Crippen LogP contribution in [0.1, 0.15) is 0 Å². The average Bonchev–Trinajstić information content (AvgIpc) is 1.80. The first-order valence-electron chi connectivity index (χ1n) is 2.55. The highest BCUT2D eigenvalue weighted by molar-refractivity contribution is 7.52. The van der Waals surface area contributed by atoms with Crippen molar-refractivity contribution in [1.82, 2.24) is 0 Å². The van der Waals surface area contributed by atoms with Gasteiger partial charge in [-0.05, 0) is 0 Å². The first-order chi connectivity index (χ1) is 5.07. The van der Waals surface area contributed by atoms with E-state index in [0.29, 0.717) is 0 Å². The summed E-state index contributed by atoms with van der Waals surface area (Å²) in [5, 5.41) is 16.4. The Hall–Kier alpha value is -0.140. The van der Waals surface area contributed by atoms with Crippen molar-refractivity contribution in [1.29, 1.82) is 0 Å². The van der Waals surface area contributed by atoms with E-state index >= 15 is 0 Å². The molecule has 0 aromatic carbocycles. The van der Waals surface area contributed by atoms with E-state index in [9.17, 15) is 17.7 Å². The van der Waals surface area contributed by atoms with Gasteiger partial charge in [0.05, 0.1) is 0 Å². The van der Waals surface area contributed by atoms with Gasteiger partial charge in [0.1, 0.15) is 0 Å². The molecule has 0 aromatic rings. The van der Waals surface area contributed by atoms with Crippen LogP contribution < -0.4 is 0 Å². The van der Waals surface area contributed by atoms with E-state index in [2.05, 4.69) is 0 Å². The first kappa shape index (κ1) is 11.9. The molecule has 4 N–H and O–H groups in total. The van der Waals surface area contributed by atoms with E-state index in [-0.39, 0.29) is 0 Å². The number of rotatable bonds is 2. The second-order valence-electron chi connectivity index (χ2n) is 1.99. The van der Waals surface area contributed by atoms with Crippen LogP contribution in [0.15, 0.2) is 0 Å². The highest BCUT2D eigenvalue weighted by Crippen LogP contribution is 2.44. The minimum absolute atomic E-state index is 3.13. The fraction of sp³-hybridized carbons (Fsp3) is 1.00. The van der Waals surface area contributed by atoms with Gasteiger partial charge < -0.3 is 20.0 Å². The van der Waals surface area contributed by atoms with Crippen molar-refractivity contribution in [3.63, 3.8) is 0 Å². The molecule has 0 heterocycles. The van der Waals surface area contributed by atoms with Crippen LogP contribution in [0.3, 0.4) is 0 Å². The molecule has 74 valence electrons. The molecular weight excluding hydrogens is 204 g/mol. The minimum atomic E-state index is -5.32. The molecule has 0 aromatic heterocycles. The largest absolute Gasteiger partial charge is 0.417 e. The van der Waals surface area contributed by atoms with Crippen molar-refractivity contribution >= 4 is 7.60 Å². The van der Waals surface area contributed by atoms with Crippen LogP contribution in [-0.2, 0) is 4.57 Å². The second kappa shape index (κ2) is 3.31. The fourth-order valence-electron chi connectivity index (χ4n) is 0.353. The summed E-state index contributed by atoms with van der Waals surface area (Å²) in [5.41, 5.74) is 0. The van der Waals surface area contributed by atoms with E-state index in [1.165, 1.54) is 0 Å².